The van der Waals surface area contributed by atoms with Crippen molar-refractivity contribution < 1.29 is 4.79 Å². The van der Waals surface area contributed by atoms with Gasteiger partial charge in [0.2, 0.25) is 0 Å². The first-order chi connectivity index (χ1) is 11.7. The van der Waals surface area contributed by atoms with E-state index in [0.29, 0.717) is 18.0 Å². The van der Waals surface area contributed by atoms with Crippen molar-refractivity contribution >= 4 is 23.1 Å². The predicted octanol–water partition coefficient (Wildman–Crippen LogP) is 3.65. The number of aryl methyl sites for hydroxylation is 1. The van der Waals surface area contributed by atoms with Crippen molar-refractivity contribution in [2.45, 2.75) is 19.4 Å². The molecule has 1 amide bonds. The summed E-state index contributed by atoms with van der Waals surface area (Å²) in [6, 6.07) is 15.7. The third-order valence-corrected chi connectivity index (χ3v) is 4.03. The molecule has 1 N–H and O–H groups in total. The lowest BCUT2D eigenvalue weighted by Gasteiger charge is -2.03. The first kappa shape index (κ1) is 14.4. The molecule has 0 spiro atoms. The van der Waals surface area contributed by atoms with Crippen molar-refractivity contribution in [3.8, 4) is 0 Å². The molecule has 24 heavy (non-hydrogen) atoms. The first-order valence-corrected chi connectivity index (χ1v) is 7.73. The SMILES string of the molecule is Cc1ccc2c(c1)/C(=N/N=C1/C[C@H](c3ccccc3)N=N1)C(=O)N2. The van der Waals surface area contributed by atoms with Crippen LogP contribution in [0.15, 0.2) is 69.0 Å². The average Bonchev–Trinajstić information content (AvgIpc) is 3.18. The third-order valence-electron chi connectivity index (χ3n) is 4.03. The molecule has 0 aromatic heterocycles. The number of amidine groups is 1. The van der Waals surface area contributed by atoms with Gasteiger partial charge < -0.3 is 5.32 Å². The number of hydrogen-bond acceptors (Lipinski definition) is 4. The highest BCUT2D eigenvalue weighted by molar-refractivity contribution is 6.53. The average molecular weight is 317 g/mol. The number of hydrogen-bond donors (Lipinski definition) is 1. The molecule has 6 heteroatoms. The number of anilines is 1. The van der Waals surface area contributed by atoms with E-state index in [-0.39, 0.29) is 11.9 Å². The molecule has 2 aliphatic heterocycles. The van der Waals surface area contributed by atoms with Gasteiger partial charge in [-0.25, -0.2) is 0 Å². The van der Waals surface area contributed by atoms with Crippen LogP contribution in [0.1, 0.15) is 29.2 Å². The summed E-state index contributed by atoms with van der Waals surface area (Å²) >= 11 is 0. The second-order valence-corrected chi connectivity index (χ2v) is 5.81. The van der Waals surface area contributed by atoms with E-state index in [1.807, 2.05) is 55.5 Å². The first-order valence-electron chi connectivity index (χ1n) is 7.73. The van der Waals surface area contributed by atoms with Crippen molar-refractivity contribution in [3.63, 3.8) is 0 Å². The quantitative estimate of drug-likeness (QED) is 0.843. The summed E-state index contributed by atoms with van der Waals surface area (Å²) in [7, 11) is 0. The molecule has 0 saturated carbocycles. The molecule has 0 radical (unpaired) electrons. The monoisotopic (exact) mass is 317 g/mol. The molecule has 6 nitrogen and oxygen atoms in total. The van der Waals surface area contributed by atoms with Gasteiger partial charge in [-0.3, -0.25) is 4.79 Å². The summed E-state index contributed by atoms with van der Waals surface area (Å²) in [6.07, 6.45) is 0.586. The van der Waals surface area contributed by atoms with Crippen LogP contribution in [0, 0.1) is 6.92 Å². The number of rotatable bonds is 2. The number of nitrogens with one attached hydrogen (secondary N) is 1. The molecule has 0 bridgehead atoms. The van der Waals surface area contributed by atoms with Gasteiger partial charge >= 0.3 is 0 Å². The van der Waals surface area contributed by atoms with E-state index < -0.39 is 0 Å². The third kappa shape index (κ3) is 2.62. The molecule has 2 aliphatic rings. The highest BCUT2D eigenvalue weighted by atomic mass is 16.2. The Morgan fingerprint density at radius 2 is 1.96 bits per heavy atom. The van der Waals surface area contributed by atoms with Crippen molar-refractivity contribution in [3.05, 3.63) is 65.2 Å². The molecule has 4 rings (SSSR count). The van der Waals surface area contributed by atoms with Gasteiger partial charge in [-0.2, -0.15) is 5.11 Å². The Bertz CT molecular complexity index is 899. The van der Waals surface area contributed by atoms with Crippen LogP contribution in [0.2, 0.25) is 0 Å². The van der Waals surface area contributed by atoms with Crippen LogP contribution >= 0.6 is 0 Å². The number of carbonyl (C=O) groups excluding carboxylic acids is 1. The van der Waals surface area contributed by atoms with Gasteiger partial charge in [-0.05, 0) is 24.6 Å². The second kappa shape index (κ2) is 5.81. The van der Waals surface area contributed by atoms with Gasteiger partial charge in [-0.15, -0.1) is 15.3 Å². The van der Waals surface area contributed by atoms with Crippen LogP contribution in [-0.4, -0.2) is 17.5 Å². The zero-order valence-corrected chi connectivity index (χ0v) is 13.1. The fraction of sp³-hybridized carbons (Fsp3) is 0.167. The van der Waals surface area contributed by atoms with Gasteiger partial charge in [0.1, 0.15) is 6.04 Å². The van der Waals surface area contributed by atoms with Gasteiger partial charge in [0.05, 0.1) is 5.69 Å². The van der Waals surface area contributed by atoms with Gasteiger partial charge in [0, 0.05) is 12.0 Å². The predicted molar refractivity (Wildman–Crippen MR) is 92.4 cm³/mol. The van der Waals surface area contributed by atoms with Crippen LogP contribution in [0.25, 0.3) is 0 Å². The summed E-state index contributed by atoms with van der Waals surface area (Å²) in [5.74, 6) is 0.291. The number of carbonyl (C=O) groups is 1. The Balaban J connectivity index is 1.58. The van der Waals surface area contributed by atoms with Gasteiger partial charge in [0.15, 0.2) is 11.5 Å². The molecule has 118 valence electrons. The molecule has 0 aliphatic carbocycles. The van der Waals surface area contributed by atoms with E-state index in [4.69, 9.17) is 0 Å². The molecule has 1 atom stereocenters. The molecule has 0 unspecified atom stereocenters. The number of azo groups is 1. The second-order valence-electron chi connectivity index (χ2n) is 5.81. The fourth-order valence-electron chi connectivity index (χ4n) is 2.79. The molecule has 2 aromatic carbocycles. The smallest absolute Gasteiger partial charge is 0.276 e. The Morgan fingerprint density at radius 3 is 2.79 bits per heavy atom. The van der Waals surface area contributed by atoms with Gasteiger partial charge in [0.25, 0.3) is 5.91 Å². The fourth-order valence-corrected chi connectivity index (χ4v) is 2.79. The zero-order valence-electron chi connectivity index (χ0n) is 13.1. The summed E-state index contributed by atoms with van der Waals surface area (Å²) in [5.41, 5.74) is 4.02. The van der Waals surface area contributed by atoms with Gasteiger partial charge in [-0.1, -0.05) is 42.0 Å². The standard InChI is InChI=1S/C18H15N5O/c1-11-7-8-14-13(9-11)17(18(24)19-14)23-22-16-10-15(20-21-16)12-5-3-2-4-6-12/h2-9,15H,10H2,1H3,(H,19,23,24)/b22-16-/t15-/m1/s1. The Kier molecular flexibility index (Phi) is 3.49. The minimum Gasteiger partial charge on any atom is -0.320 e. The van der Waals surface area contributed by atoms with Crippen LogP contribution in [0.4, 0.5) is 5.69 Å². The lowest BCUT2D eigenvalue weighted by Crippen LogP contribution is -2.14. The molecule has 2 heterocycles. The molecule has 0 saturated heterocycles. The van der Waals surface area contributed by atoms with Crippen LogP contribution < -0.4 is 5.32 Å². The maximum absolute atomic E-state index is 12.1. The topological polar surface area (TPSA) is 78.5 Å². The van der Waals surface area contributed by atoms with E-state index in [1.165, 1.54) is 0 Å². The Hall–Kier alpha value is -3.15. The lowest BCUT2D eigenvalue weighted by molar-refractivity contribution is -0.110. The van der Waals surface area contributed by atoms with Crippen molar-refractivity contribution in [2.75, 3.05) is 5.32 Å². The van der Waals surface area contributed by atoms with Crippen LogP contribution in [-0.2, 0) is 4.79 Å². The highest BCUT2D eigenvalue weighted by Gasteiger charge is 2.26. The normalized spacial score (nSPS) is 22.2. The number of amides is 1. The van der Waals surface area contributed by atoms with Crippen LogP contribution in [0.3, 0.4) is 0 Å². The summed E-state index contributed by atoms with van der Waals surface area (Å²) in [6.45, 7) is 1.97. The summed E-state index contributed by atoms with van der Waals surface area (Å²) < 4.78 is 0. The minimum atomic E-state index is -0.241. The molecular weight excluding hydrogens is 302 g/mol. The highest BCUT2D eigenvalue weighted by Crippen LogP contribution is 2.28. The Labute approximate surface area is 139 Å². The number of nitrogens with zero attached hydrogens (tertiary/aromatic N) is 4. The van der Waals surface area contributed by atoms with E-state index in [0.717, 1.165) is 22.4 Å². The van der Waals surface area contributed by atoms with E-state index in [1.54, 1.807) is 0 Å². The van der Waals surface area contributed by atoms with E-state index in [9.17, 15) is 4.79 Å². The zero-order chi connectivity index (χ0) is 16.5. The molecule has 2 aromatic rings. The molecular formula is C18H15N5O. The largest absolute Gasteiger partial charge is 0.320 e. The number of benzene rings is 2. The van der Waals surface area contributed by atoms with Crippen molar-refractivity contribution in [1.29, 1.82) is 0 Å². The molecule has 0 fully saturated rings. The maximum atomic E-state index is 12.1. The van der Waals surface area contributed by atoms with E-state index in [2.05, 4.69) is 25.7 Å². The lowest BCUT2D eigenvalue weighted by atomic mass is 10.1. The number of fused-ring (bicyclic) bond motifs is 1. The summed E-state index contributed by atoms with van der Waals surface area (Å²) in [4.78, 5) is 12.1. The minimum absolute atomic E-state index is 0.0305. The summed E-state index contributed by atoms with van der Waals surface area (Å²) in [5, 5.41) is 19.4. The maximum Gasteiger partial charge on any atom is 0.276 e. The van der Waals surface area contributed by atoms with Crippen molar-refractivity contribution in [2.24, 2.45) is 20.4 Å². The Morgan fingerprint density at radius 1 is 1.12 bits per heavy atom. The van der Waals surface area contributed by atoms with Crippen LogP contribution in [0.5, 0.6) is 0 Å². The van der Waals surface area contributed by atoms with Crippen molar-refractivity contribution in [1.82, 2.24) is 0 Å². The van der Waals surface area contributed by atoms with E-state index >= 15 is 0 Å².